The highest BCUT2D eigenvalue weighted by Crippen LogP contribution is 2.22. The molecule has 0 spiro atoms. The minimum Gasteiger partial charge on any atom is -0.355 e. The maximum atomic E-state index is 11.9. The third kappa shape index (κ3) is 3.56. The first-order valence-corrected chi connectivity index (χ1v) is 8.59. The molecule has 22 heavy (non-hydrogen) atoms. The predicted octanol–water partition coefficient (Wildman–Crippen LogP) is 1.78. The maximum absolute atomic E-state index is 11.9. The summed E-state index contributed by atoms with van der Waals surface area (Å²) < 4.78 is 2.08. The van der Waals surface area contributed by atoms with Crippen molar-refractivity contribution in [2.75, 3.05) is 26.2 Å². The molecule has 0 aromatic carbocycles. The zero-order valence-electron chi connectivity index (χ0n) is 13.1. The number of carbonyl (C=O) groups excluding carboxylic acids is 1. The van der Waals surface area contributed by atoms with Crippen molar-refractivity contribution in [3.8, 4) is 0 Å². The molecule has 1 saturated heterocycles. The Labute approximate surface area is 134 Å². The van der Waals surface area contributed by atoms with E-state index >= 15 is 0 Å². The molecule has 1 fully saturated rings. The van der Waals surface area contributed by atoms with Crippen LogP contribution in [-0.2, 0) is 11.2 Å². The lowest BCUT2D eigenvalue weighted by Gasteiger charge is -2.39. The average molecular weight is 318 g/mol. The molecule has 0 saturated carbocycles. The Morgan fingerprint density at radius 1 is 1.45 bits per heavy atom. The average Bonchev–Trinajstić information content (AvgIpc) is 3.03. The summed E-state index contributed by atoms with van der Waals surface area (Å²) in [5, 5.41) is 11.7. The van der Waals surface area contributed by atoms with Crippen LogP contribution < -0.4 is 5.32 Å². The van der Waals surface area contributed by atoms with Crippen LogP contribution in [0.25, 0.3) is 0 Å². The first-order valence-electron chi connectivity index (χ1n) is 7.64. The van der Waals surface area contributed by atoms with E-state index in [0.717, 1.165) is 25.2 Å². The van der Waals surface area contributed by atoms with Gasteiger partial charge in [0.25, 0.3) is 0 Å². The second-order valence-corrected chi connectivity index (χ2v) is 6.73. The van der Waals surface area contributed by atoms with Crippen molar-refractivity contribution in [2.45, 2.75) is 26.3 Å². The van der Waals surface area contributed by atoms with E-state index in [1.165, 1.54) is 11.3 Å². The quantitative estimate of drug-likeness (QED) is 0.883. The van der Waals surface area contributed by atoms with Crippen molar-refractivity contribution in [1.82, 2.24) is 20.0 Å². The van der Waals surface area contributed by atoms with Crippen molar-refractivity contribution < 1.29 is 4.79 Å². The molecule has 0 unspecified atom stereocenters. The Hall–Kier alpha value is -1.66. The molecule has 5 nitrogen and oxygen atoms in total. The molecule has 3 rings (SSSR count). The lowest BCUT2D eigenvalue weighted by molar-refractivity contribution is -0.123. The molecule has 118 valence electrons. The molecule has 3 heterocycles. The van der Waals surface area contributed by atoms with Gasteiger partial charge in [-0.15, -0.1) is 0 Å². The lowest BCUT2D eigenvalue weighted by atomic mass is 10.1. The van der Waals surface area contributed by atoms with Crippen LogP contribution in [0.15, 0.2) is 22.9 Å². The first kappa shape index (κ1) is 15.2. The van der Waals surface area contributed by atoms with Crippen LogP contribution in [0.2, 0.25) is 0 Å². The maximum Gasteiger partial charge on any atom is 0.234 e. The van der Waals surface area contributed by atoms with Crippen LogP contribution in [0.5, 0.6) is 0 Å². The second-order valence-electron chi connectivity index (χ2n) is 5.95. The van der Waals surface area contributed by atoms with E-state index < -0.39 is 0 Å². The fourth-order valence-electron chi connectivity index (χ4n) is 2.88. The highest BCUT2D eigenvalue weighted by Gasteiger charge is 2.30. The number of aryl methyl sites for hydroxylation is 2. The van der Waals surface area contributed by atoms with Crippen molar-refractivity contribution in [3.63, 3.8) is 0 Å². The molecule has 6 heteroatoms. The van der Waals surface area contributed by atoms with Gasteiger partial charge in [0.15, 0.2) is 0 Å². The highest BCUT2D eigenvalue weighted by molar-refractivity contribution is 7.07. The van der Waals surface area contributed by atoms with E-state index in [9.17, 15) is 4.79 Å². The van der Waals surface area contributed by atoms with Crippen molar-refractivity contribution in [2.24, 2.45) is 0 Å². The Kier molecular flexibility index (Phi) is 4.59. The monoisotopic (exact) mass is 318 g/mol. The van der Waals surface area contributed by atoms with Crippen LogP contribution in [0, 0.1) is 13.8 Å². The highest BCUT2D eigenvalue weighted by atomic mass is 32.1. The summed E-state index contributed by atoms with van der Waals surface area (Å²) in [5.41, 5.74) is 3.54. The summed E-state index contributed by atoms with van der Waals surface area (Å²) in [6.07, 6.45) is 0.906. The number of hydrogen-bond donors (Lipinski definition) is 1. The van der Waals surface area contributed by atoms with E-state index in [1.54, 1.807) is 11.3 Å². The van der Waals surface area contributed by atoms with Crippen LogP contribution in [-0.4, -0.2) is 46.8 Å². The normalized spacial score (nSPS) is 15.7. The van der Waals surface area contributed by atoms with Gasteiger partial charge in [-0.1, -0.05) is 0 Å². The fourth-order valence-corrected chi connectivity index (χ4v) is 3.59. The van der Waals surface area contributed by atoms with Gasteiger partial charge >= 0.3 is 0 Å². The zero-order chi connectivity index (χ0) is 15.5. The van der Waals surface area contributed by atoms with Gasteiger partial charge in [0, 0.05) is 25.3 Å². The van der Waals surface area contributed by atoms with Gasteiger partial charge in [0.05, 0.1) is 18.3 Å². The first-order chi connectivity index (χ1) is 10.6. The molecular formula is C16H22N4OS. The number of hydrogen-bond acceptors (Lipinski definition) is 4. The van der Waals surface area contributed by atoms with Gasteiger partial charge in [0.1, 0.15) is 0 Å². The van der Waals surface area contributed by atoms with E-state index in [4.69, 9.17) is 0 Å². The van der Waals surface area contributed by atoms with Gasteiger partial charge in [-0.3, -0.25) is 14.4 Å². The van der Waals surface area contributed by atoms with Crippen LogP contribution >= 0.6 is 11.3 Å². The molecule has 1 aliphatic rings. The summed E-state index contributed by atoms with van der Waals surface area (Å²) in [7, 11) is 0. The van der Waals surface area contributed by atoms with E-state index in [-0.39, 0.29) is 5.91 Å². The number of carbonyl (C=O) groups is 1. The fraction of sp³-hybridized carbons (Fsp3) is 0.500. The van der Waals surface area contributed by atoms with Crippen molar-refractivity contribution in [1.29, 1.82) is 0 Å². The smallest absolute Gasteiger partial charge is 0.234 e. The Bertz CT molecular complexity index is 629. The van der Waals surface area contributed by atoms with Crippen LogP contribution in [0.1, 0.15) is 23.0 Å². The molecule has 0 bridgehead atoms. The molecular weight excluding hydrogens is 296 g/mol. The molecule has 1 aliphatic heterocycles. The Balaban J connectivity index is 1.36. The summed E-state index contributed by atoms with van der Waals surface area (Å²) in [6.45, 7) is 7.10. The van der Waals surface area contributed by atoms with Gasteiger partial charge < -0.3 is 5.32 Å². The van der Waals surface area contributed by atoms with Crippen LogP contribution in [0.3, 0.4) is 0 Å². The third-order valence-electron chi connectivity index (χ3n) is 4.01. The van der Waals surface area contributed by atoms with E-state index in [0.29, 0.717) is 19.1 Å². The zero-order valence-corrected chi connectivity index (χ0v) is 13.9. The lowest BCUT2D eigenvalue weighted by Crippen LogP contribution is -2.52. The number of aromatic nitrogens is 2. The van der Waals surface area contributed by atoms with Crippen molar-refractivity contribution >= 4 is 17.2 Å². The molecule has 1 amide bonds. The van der Waals surface area contributed by atoms with E-state index in [1.807, 2.05) is 6.92 Å². The largest absolute Gasteiger partial charge is 0.355 e. The standard InChI is InChI=1S/C16H22N4OS/c1-12-7-13(2)20(18-12)15-8-19(9-15)10-16(21)17-5-3-14-4-6-22-11-14/h4,6-7,11,15H,3,5,8-10H2,1-2H3,(H,17,21). The second kappa shape index (κ2) is 6.62. The van der Waals surface area contributed by atoms with E-state index in [2.05, 4.69) is 49.8 Å². The number of likely N-dealkylation sites (tertiary alicyclic amines) is 1. The number of rotatable bonds is 6. The number of nitrogens with one attached hydrogen (secondary N) is 1. The molecule has 1 N–H and O–H groups in total. The molecule has 2 aromatic heterocycles. The minimum atomic E-state index is 0.113. The molecule has 2 aromatic rings. The van der Waals surface area contributed by atoms with Gasteiger partial charge in [0.2, 0.25) is 5.91 Å². The predicted molar refractivity (Wildman–Crippen MR) is 88.2 cm³/mol. The van der Waals surface area contributed by atoms with Crippen LogP contribution in [0.4, 0.5) is 0 Å². The van der Waals surface area contributed by atoms with Crippen molar-refractivity contribution in [3.05, 3.63) is 39.8 Å². The Morgan fingerprint density at radius 2 is 2.27 bits per heavy atom. The SMILES string of the molecule is Cc1cc(C)n(C2CN(CC(=O)NCCc3ccsc3)C2)n1. The number of thiophene rings is 1. The van der Waals surface area contributed by atoms with Gasteiger partial charge in [-0.25, -0.2) is 0 Å². The summed E-state index contributed by atoms with van der Waals surface area (Å²) in [5.74, 6) is 0.113. The van der Waals surface area contributed by atoms with Gasteiger partial charge in [-0.05, 0) is 48.7 Å². The summed E-state index contributed by atoms with van der Waals surface area (Å²) >= 11 is 1.69. The van der Waals surface area contributed by atoms with Gasteiger partial charge in [-0.2, -0.15) is 16.4 Å². The third-order valence-corrected chi connectivity index (χ3v) is 4.74. The summed E-state index contributed by atoms with van der Waals surface area (Å²) in [6, 6.07) is 4.61. The molecule has 0 aliphatic carbocycles. The number of nitrogens with zero attached hydrogens (tertiary/aromatic N) is 3. The Morgan fingerprint density at radius 3 is 2.91 bits per heavy atom. The molecule has 0 radical (unpaired) electrons. The molecule has 0 atom stereocenters. The topological polar surface area (TPSA) is 50.2 Å². The minimum absolute atomic E-state index is 0.113. The summed E-state index contributed by atoms with van der Waals surface area (Å²) in [4.78, 5) is 14.1. The number of amides is 1.